The minimum absolute atomic E-state index is 0.131. The number of ether oxygens (including phenoxy) is 2. The molecule has 0 aliphatic heterocycles. The van der Waals surface area contributed by atoms with Crippen molar-refractivity contribution in [3.05, 3.63) is 59.2 Å². The Morgan fingerprint density at radius 1 is 1.12 bits per heavy atom. The molecular formula is C19H22N2O3S. The van der Waals surface area contributed by atoms with Gasteiger partial charge in [-0.3, -0.25) is 4.79 Å². The van der Waals surface area contributed by atoms with E-state index in [1.807, 2.05) is 6.07 Å². The molecule has 6 heteroatoms. The van der Waals surface area contributed by atoms with Crippen molar-refractivity contribution in [2.24, 2.45) is 5.10 Å². The fraction of sp³-hybridized carbons (Fsp3) is 0.263. The third kappa shape index (κ3) is 6.15. The molecule has 0 saturated carbocycles. The average molecular weight is 358 g/mol. The van der Waals surface area contributed by atoms with Gasteiger partial charge in [-0.25, -0.2) is 5.43 Å². The molecule has 0 fully saturated rings. The van der Waals surface area contributed by atoms with Crippen molar-refractivity contribution in [1.82, 2.24) is 5.43 Å². The van der Waals surface area contributed by atoms with Gasteiger partial charge >= 0.3 is 0 Å². The van der Waals surface area contributed by atoms with E-state index >= 15 is 0 Å². The lowest BCUT2D eigenvalue weighted by atomic mass is 10.2. The number of hydrogen-bond acceptors (Lipinski definition) is 5. The van der Waals surface area contributed by atoms with E-state index in [2.05, 4.69) is 41.7 Å². The molecule has 1 N–H and O–H groups in total. The van der Waals surface area contributed by atoms with Crippen LogP contribution in [0.4, 0.5) is 0 Å². The summed E-state index contributed by atoms with van der Waals surface area (Å²) in [6.07, 6.45) is 1.57. The summed E-state index contributed by atoms with van der Waals surface area (Å²) in [5.41, 5.74) is 5.78. The molecule has 132 valence electrons. The second-order valence-electron chi connectivity index (χ2n) is 5.39. The van der Waals surface area contributed by atoms with Gasteiger partial charge < -0.3 is 9.47 Å². The molecule has 0 spiro atoms. The van der Waals surface area contributed by atoms with E-state index in [0.29, 0.717) is 17.3 Å². The first kappa shape index (κ1) is 18.9. The normalized spacial score (nSPS) is 10.7. The SMILES string of the molecule is COc1ccc(/C=N\NC(=O)CSCc2ccc(C)cc2)cc1OC. The van der Waals surface area contributed by atoms with Crippen LogP contribution in [-0.4, -0.2) is 32.1 Å². The zero-order chi connectivity index (χ0) is 18.1. The number of methoxy groups -OCH3 is 2. The Morgan fingerprint density at radius 2 is 1.84 bits per heavy atom. The number of nitrogens with one attached hydrogen (secondary N) is 1. The van der Waals surface area contributed by atoms with E-state index in [-0.39, 0.29) is 5.91 Å². The molecule has 0 saturated heterocycles. The summed E-state index contributed by atoms with van der Waals surface area (Å²) < 4.78 is 10.4. The van der Waals surface area contributed by atoms with Gasteiger partial charge in [0, 0.05) is 5.75 Å². The van der Waals surface area contributed by atoms with Gasteiger partial charge in [0.2, 0.25) is 5.91 Å². The van der Waals surface area contributed by atoms with Gasteiger partial charge in [0.05, 0.1) is 26.2 Å². The number of hydrogen-bond donors (Lipinski definition) is 1. The van der Waals surface area contributed by atoms with Crippen LogP contribution in [0.25, 0.3) is 0 Å². The van der Waals surface area contributed by atoms with Crippen LogP contribution in [-0.2, 0) is 10.5 Å². The van der Waals surface area contributed by atoms with Crippen LogP contribution < -0.4 is 14.9 Å². The van der Waals surface area contributed by atoms with Crippen molar-refractivity contribution in [2.75, 3.05) is 20.0 Å². The van der Waals surface area contributed by atoms with Crippen LogP contribution in [0, 0.1) is 6.92 Å². The van der Waals surface area contributed by atoms with E-state index in [1.165, 1.54) is 11.1 Å². The first-order valence-electron chi connectivity index (χ1n) is 7.79. The first-order chi connectivity index (χ1) is 12.1. The molecular weight excluding hydrogens is 336 g/mol. The minimum Gasteiger partial charge on any atom is -0.493 e. The van der Waals surface area contributed by atoms with Crippen molar-refractivity contribution in [3.63, 3.8) is 0 Å². The van der Waals surface area contributed by atoms with Gasteiger partial charge in [-0.05, 0) is 36.2 Å². The summed E-state index contributed by atoms with van der Waals surface area (Å²) in [6.45, 7) is 2.06. The molecule has 0 heterocycles. The molecule has 1 amide bonds. The number of amides is 1. The molecule has 0 atom stereocenters. The summed E-state index contributed by atoms with van der Waals surface area (Å²) in [4.78, 5) is 11.8. The second kappa shape index (κ2) is 9.74. The van der Waals surface area contributed by atoms with Crippen LogP contribution in [0.3, 0.4) is 0 Å². The highest BCUT2D eigenvalue weighted by Crippen LogP contribution is 2.26. The molecule has 0 bridgehead atoms. The topological polar surface area (TPSA) is 59.9 Å². The van der Waals surface area contributed by atoms with E-state index in [1.54, 1.807) is 44.3 Å². The molecule has 0 radical (unpaired) electrons. The van der Waals surface area contributed by atoms with E-state index in [9.17, 15) is 4.79 Å². The molecule has 0 unspecified atom stereocenters. The Balaban J connectivity index is 1.77. The lowest BCUT2D eigenvalue weighted by molar-refractivity contribution is -0.118. The Bertz CT molecular complexity index is 730. The van der Waals surface area contributed by atoms with E-state index in [0.717, 1.165) is 11.3 Å². The highest BCUT2D eigenvalue weighted by Gasteiger charge is 2.04. The molecule has 0 aliphatic carbocycles. The minimum atomic E-state index is -0.131. The van der Waals surface area contributed by atoms with Crippen molar-refractivity contribution >= 4 is 23.9 Å². The Kier molecular flexibility index (Phi) is 7.35. The van der Waals surface area contributed by atoms with Crippen LogP contribution in [0.1, 0.15) is 16.7 Å². The number of carbonyl (C=O) groups is 1. The first-order valence-corrected chi connectivity index (χ1v) is 8.95. The van der Waals surface area contributed by atoms with Gasteiger partial charge in [0.25, 0.3) is 0 Å². The smallest absolute Gasteiger partial charge is 0.250 e. The zero-order valence-corrected chi connectivity index (χ0v) is 15.4. The maximum absolute atomic E-state index is 11.8. The Morgan fingerprint density at radius 3 is 2.52 bits per heavy atom. The molecule has 0 aromatic heterocycles. The largest absolute Gasteiger partial charge is 0.493 e. The van der Waals surface area contributed by atoms with Crippen molar-refractivity contribution in [3.8, 4) is 11.5 Å². The lowest BCUT2D eigenvalue weighted by Gasteiger charge is -2.07. The van der Waals surface area contributed by atoms with Crippen molar-refractivity contribution < 1.29 is 14.3 Å². The van der Waals surface area contributed by atoms with Crippen molar-refractivity contribution in [2.45, 2.75) is 12.7 Å². The van der Waals surface area contributed by atoms with E-state index in [4.69, 9.17) is 9.47 Å². The highest BCUT2D eigenvalue weighted by atomic mass is 32.2. The summed E-state index contributed by atoms with van der Waals surface area (Å²) in [6, 6.07) is 13.7. The quantitative estimate of drug-likeness (QED) is 0.580. The molecule has 0 aliphatic rings. The highest BCUT2D eigenvalue weighted by molar-refractivity contribution is 7.99. The maximum Gasteiger partial charge on any atom is 0.250 e. The van der Waals surface area contributed by atoms with Crippen LogP contribution in [0.15, 0.2) is 47.6 Å². The number of aryl methyl sites for hydroxylation is 1. The van der Waals surface area contributed by atoms with Crippen LogP contribution in [0.5, 0.6) is 11.5 Å². The fourth-order valence-electron chi connectivity index (χ4n) is 2.09. The van der Waals surface area contributed by atoms with Gasteiger partial charge in [-0.2, -0.15) is 5.10 Å². The fourth-order valence-corrected chi connectivity index (χ4v) is 2.87. The van der Waals surface area contributed by atoms with Gasteiger partial charge in [-0.1, -0.05) is 29.8 Å². The predicted octanol–water partition coefficient (Wildman–Crippen LogP) is 3.40. The Hall–Kier alpha value is -2.47. The molecule has 25 heavy (non-hydrogen) atoms. The number of nitrogens with zero attached hydrogens (tertiary/aromatic N) is 1. The van der Waals surface area contributed by atoms with Crippen molar-refractivity contribution in [1.29, 1.82) is 0 Å². The third-order valence-corrected chi connectivity index (χ3v) is 4.44. The third-order valence-electron chi connectivity index (χ3n) is 3.43. The summed E-state index contributed by atoms with van der Waals surface area (Å²) in [5, 5.41) is 3.98. The Labute approximate surface area is 152 Å². The molecule has 2 aromatic rings. The number of thioether (sulfide) groups is 1. The second-order valence-corrected chi connectivity index (χ2v) is 6.37. The summed E-state index contributed by atoms with van der Waals surface area (Å²) in [5.74, 6) is 2.29. The monoisotopic (exact) mass is 358 g/mol. The molecule has 2 aromatic carbocycles. The molecule has 2 rings (SSSR count). The standard InChI is InChI=1S/C19H22N2O3S/c1-14-4-6-15(7-5-14)12-25-13-19(22)21-20-11-16-8-9-17(23-2)18(10-16)24-3/h4-11H,12-13H2,1-3H3,(H,21,22)/b20-11-. The number of benzene rings is 2. The lowest BCUT2D eigenvalue weighted by Crippen LogP contribution is -2.19. The summed E-state index contributed by atoms with van der Waals surface area (Å²) in [7, 11) is 3.16. The number of rotatable bonds is 8. The maximum atomic E-state index is 11.8. The van der Waals surface area contributed by atoms with Crippen LogP contribution in [0.2, 0.25) is 0 Å². The van der Waals surface area contributed by atoms with Gasteiger partial charge in [0.1, 0.15) is 0 Å². The van der Waals surface area contributed by atoms with Gasteiger partial charge in [0.15, 0.2) is 11.5 Å². The van der Waals surface area contributed by atoms with Crippen LogP contribution >= 0.6 is 11.8 Å². The average Bonchev–Trinajstić information content (AvgIpc) is 2.63. The van der Waals surface area contributed by atoms with Gasteiger partial charge in [-0.15, -0.1) is 11.8 Å². The number of hydrazone groups is 1. The summed E-state index contributed by atoms with van der Waals surface area (Å²) >= 11 is 1.56. The predicted molar refractivity (Wildman–Crippen MR) is 103 cm³/mol. The number of carbonyl (C=O) groups excluding carboxylic acids is 1. The molecule has 5 nitrogen and oxygen atoms in total. The zero-order valence-electron chi connectivity index (χ0n) is 14.6. The van der Waals surface area contributed by atoms with E-state index < -0.39 is 0 Å².